The van der Waals surface area contributed by atoms with Crippen LogP contribution in [0.25, 0.3) is 0 Å². The second-order valence-corrected chi connectivity index (χ2v) is 5.91. The van der Waals surface area contributed by atoms with Crippen molar-refractivity contribution in [1.82, 2.24) is 0 Å². The van der Waals surface area contributed by atoms with Crippen LogP contribution in [0.2, 0.25) is 10.0 Å². The van der Waals surface area contributed by atoms with Gasteiger partial charge in [-0.1, -0.05) is 23.2 Å². The highest BCUT2D eigenvalue weighted by Gasteiger charge is 2.28. The number of carbonyl (C=O) groups excluding carboxylic acids is 1. The molecule has 2 aromatic rings. The molecular weight excluding hydrogens is 353 g/mol. The fourth-order valence-electron chi connectivity index (χ4n) is 2.43. The number of fused-ring (bicyclic) bond motifs is 2. The Kier molecular flexibility index (Phi) is 3.63. The summed E-state index contributed by atoms with van der Waals surface area (Å²) in [5.41, 5.74) is 1.95. The summed E-state index contributed by atoms with van der Waals surface area (Å²) in [5, 5.41) is 11.4. The molecule has 0 spiro atoms. The van der Waals surface area contributed by atoms with Crippen molar-refractivity contribution in [2.24, 2.45) is 10.2 Å². The van der Waals surface area contributed by atoms with Gasteiger partial charge in [0, 0.05) is 10.6 Å². The number of nitrogens with one attached hydrogen (secondary N) is 1. The molecule has 0 unspecified atom stereocenters. The van der Waals surface area contributed by atoms with Crippen molar-refractivity contribution in [3.8, 4) is 11.5 Å². The molecule has 1 amide bonds. The van der Waals surface area contributed by atoms with Crippen LogP contribution in [0, 0.1) is 0 Å². The van der Waals surface area contributed by atoms with E-state index in [1.165, 1.54) is 6.21 Å². The van der Waals surface area contributed by atoms with Gasteiger partial charge in [0.05, 0.1) is 16.9 Å². The summed E-state index contributed by atoms with van der Waals surface area (Å²) >= 11 is 12.1. The SMILES string of the molecule is O=C1Nc2c(Cl)cc(Cl)cc2/C1=N/N=C\c1ccc2c(c1)OCO2. The van der Waals surface area contributed by atoms with E-state index in [0.29, 0.717) is 32.8 Å². The van der Waals surface area contributed by atoms with E-state index in [4.69, 9.17) is 32.7 Å². The zero-order valence-electron chi connectivity index (χ0n) is 12.0. The Morgan fingerprint density at radius 3 is 2.83 bits per heavy atom. The van der Waals surface area contributed by atoms with Gasteiger partial charge in [0.2, 0.25) is 6.79 Å². The Balaban J connectivity index is 1.64. The molecular formula is C16H9Cl2N3O3. The minimum Gasteiger partial charge on any atom is -0.454 e. The van der Waals surface area contributed by atoms with Crippen molar-refractivity contribution < 1.29 is 14.3 Å². The number of ether oxygens (including phenoxy) is 2. The molecule has 8 heteroatoms. The Morgan fingerprint density at radius 1 is 1.12 bits per heavy atom. The number of nitrogens with zero attached hydrogens (tertiary/aromatic N) is 2. The first kappa shape index (κ1) is 15.0. The lowest BCUT2D eigenvalue weighted by Crippen LogP contribution is -2.13. The number of benzene rings is 2. The summed E-state index contributed by atoms with van der Waals surface area (Å²) in [6.45, 7) is 0.205. The van der Waals surface area contributed by atoms with Crippen LogP contribution in [0.3, 0.4) is 0 Å². The van der Waals surface area contributed by atoms with Crippen LogP contribution in [-0.4, -0.2) is 24.6 Å². The second-order valence-electron chi connectivity index (χ2n) is 5.07. The van der Waals surface area contributed by atoms with Crippen molar-refractivity contribution >= 4 is 46.7 Å². The maximum absolute atomic E-state index is 12.0. The molecule has 0 atom stereocenters. The Bertz CT molecular complexity index is 925. The van der Waals surface area contributed by atoms with E-state index < -0.39 is 0 Å². The van der Waals surface area contributed by atoms with Gasteiger partial charge in [0.15, 0.2) is 17.2 Å². The molecule has 0 aliphatic carbocycles. The molecule has 0 saturated heterocycles. The molecule has 0 radical (unpaired) electrons. The van der Waals surface area contributed by atoms with Crippen LogP contribution < -0.4 is 14.8 Å². The molecule has 2 aliphatic rings. The summed E-state index contributed by atoms with van der Waals surface area (Å²) in [4.78, 5) is 12.0. The standard InChI is InChI=1S/C16H9Cl2N3O3/c17-9-4-10-14(11(18)5-9)20-16(22)15(10)21-19-6-8-1-2-12-13(3-8)24-7-23-12/h1-6H,7H2,(H,20,21,22)/b19-6-. The molecule has 2 aliphatic heterocycles. The van der Waals surface area contributed by atoms with E-state index in [1.54, 1.807) is 24.3 Å². The van der Waals surface area contributed by atoms with Gasteiger partial charge in [-0.3, -0.25) is 4.79 Å². The van der Waals surface area contributed by atoms with E-state index in [0.717, 1.165) is 5.56 Å². The molecule has 24 heavy (non-hydrogen) atoms. The van der Waals surface area contributed by atoms with Crippen molar-refractivity contribution in [1.29, 1.82) is 0 Å². The molecule has 120 valence electrons. The van der Waals surface area contributed by atoms with Crippen molar-refractivity contribution in [2.45, 2.75) is 0 Å². The predicted molar refractivity (Wildman–Crippen MR) is 91.8 cm³/mol. The molecule has 0 aromatic heterocycles. The van der Waals surface area contributed by atoms with Gasteiger partial charge in [-0.25, -0.2) is 0 Å². The van der Waals surface area contributed by atoms with E-state index in [1.807, 2.05) is 6.07 Å². The number of carbonyl (C=O) groups is 1. The van der Waals surface area contributed by atoms with Gasteiger partial charge >= 0.3 is 0 Å². The number of halogens is 2. The third-order valence-corrected chi connectivity index (χ3v) is 4.04. The highest BCUT2D eigenvalue weighted by molar-refractivity contribution is 6.56. The van der Waals surface area contributed by atoms with Gasteiger partial charge in [0.25, 0.3) is 5.91 Å². The fraction of sp³-hybridized carbons (Fsp3) is 0.0625. The largest absolute Gasteiger partial charge is 0.454 e. The van der Waals surface area contributed by atoms with Crippen LogP contribution in [0.5, 0.6) is 11.5 Å². The summed E-state index contributed by atoms with van der Waals surface area (Å²) < 4.78 is 10.5. The summed E-state index contributed by atoms with van der Waals surface area (Å²) in [6, 6.07) is 8.56. The van der Waals surface area contributed by atoms with E-state index in [2.05, 4.69) is 15.5 Å². The molecule has 0 fully saturated rings. The molecule has 2 heterocycles. The normalized spacial score (nSPS) is 16.8. The third-order valence-electron chi connectivity index (χ3n) is 3.52. The Labute approximate surface area is 146 Å². The van der Waals surface area contributed by atoms with Gasteiger partial charge < -0.3 is 14.8 Å². The van der Waals surface area contributed by atoms with E-state index >= 15 is 0 Å². The van der Waals surface area contributed by atoms with Gasteiger partial charge in [-0.15, -0.1) is 5.10 Å². The smallest absolute Gasteiger partial charge is 0.276 e. The van der Waals surface area contributed by atoms with Crippen LogP contribution in [-0.2, 0) is 4.79 Å². The first-order valence-corrected chi connectivity index (χ1v) is 7.69. The fourth-order valence-corrected chi connectivity index (χ4v) is 2.97. The van der Waals surface area contributed by atoms with Crippen molar-refractivity contribution in [3.63, 3.8) is 0 Å². The lowest BCUT2D eigenvalue weighted by Gasteiger charge is -2.01. The molecule has 0 bridgehead atoms. The van der Waals surface area contributed by atoms with Gasteiger partial charge in [-0.2, -0.15) is 5.10 Å². The highest BCUT2D eigenvalue weighted by atomic mass is 35.5. The average Bonchev–Trinajstić information content (AvgIpc) is 3.12. The number of rotatable bonds is 2. The third kappa shape index (κ3) is 2.60. The zero-order valence-corrected chi connectivity index (χ0v) is 13.6. The summed E-state index contributed by atoms with van der Waals surface area (Å²) in [5.74, 6) is 0.956. The molecule has 2 aromatic carbocycles. The minimum atomic E-state index is -0.378. The molecule has 1 N–H and O–H groups in total. The first-order chi connectivity index (χ1) is 11.6. The topological polar surface area (TPSA) is 72.3 Å². The first-order valence-electron chi connectivity index (χ1n) is 6.93. The number of hydrogen-bond donors (Lipinski definition) is 1. The van der Waals surface area contributed by atoms with Crippen LogP contribution in [0.1, 0.15) is 11.1 Å². The van der Waals surface area contributed by atoms with Crippen LogP contribution in [0.4, 0.5) is 5.69 Å². The van der Waals surface area contributed by atoms with Gasteiger partial charge in [0.1, 0.15) is 0 Å². The summed E-state index contributed by atoms with van der Waals surface area (Å²) in [6.07, 6.45) is 1.52. The van der Waals surface area contributed by atoms with Crippen LogP contribution >= 0.6 is 23.2 Å². The number of hydrogen-bond acceptors (Lipinski definition) is 5. The Hall–Kier alpha value is -2.57. The van der Waals surface area contributed by atoms with Crippen molar-refractivity contribution in [3.05, 3.63) is 51.5 Å². The van der Waals surface area contributed by atoms with Crippen molar-refractivity contribution in [2.75, 3.05) is 12.1 Å². The second kappa shape index (κ2) is 5.81. The quantitative estimate of drug-likeness (QED) is 0.657. The lowest BCUT2D eigenvalue weighted by atomic mass is 10.1. The molecule has 4 rings (SSSR count). The predicted octanol–water partition coefficient (Wildman–Crippen LogP) is 3.50. The van der Waals surface area contributed by atoms with Crippen LogP contribution in [0.15, 0.2) is 40.5 Å². The monoisotopic (exact) mass is 361 g/mol. The maximum Gasteiger partial charge on any atom is 0.276 e. The molecule has 6 nitrogen and oxygen atoms in total. The summed E-state index contributed by atoms with van der Waals surface area (Å²) in [7, 11) is 0. The Morgan fingerprint density at radius 2 is 1.96 bits per heavy atom. The zero-order chi connectivity index (χ0) is 16.7. The maximum atomic E-state index is 12.0. The highest BCUT2D eigenvalue weighted by Crippen LogP contribution is 2.34. The van der Waals surface area contributed by atoms with E-state index in [-0.39, 0.29) is 18.4 Å². The lowest BCUT2D eigenvalue weighted by molar-refractivity contribution is -0.110. The number of amides is 1. The molecule has 0 saturated carbocycles. The van der Waals surface area contributed by atoms with Gasteiger partial charge in [-0.05, 0) is 35.9 Å². The average molecular weight is 362 g/mol. The minimum absolute atomic E-state index is 0.159. The van der Waals surface area contributed by atoms with E-state index in [9.17, 15) is 4.79 Å². The number of anilines is 1.